The number of likely N-dealkylation sites (tertiary alicyclic amines) is 1. The first kappa shape index (κ1) is 67.2. The molecule has 1 aliphatic rings. The van der Waals surface area contributed by atoms with E-state index in [4.69, 9.17) is 28.0 Å². The molecule has 1 aliphatic heterocycles. The number of carboxylic acid groups (broad SMARTS) is 2. The summed E-state index contributed by atoms with van der Waals surface area (Å²) in [6.07, 6.45) is -2.28. The zero-order valence-electron chi connectivity index (χ0n) is 44.1. The summed E-state index contributed by atoms with van der Waals surface area (Å²) in [5, 5.41) is 47.8. The number of nitrogens with zero attached hydrogens (tertiary/aromatic N) is 2. The van der Waals surface area contributed by atoms with Crippen LogP contribution in [0.1, 0.15) is 106 Å². The van der Waals surface area contributed by atoms with Crippen LogP contribution in [0.25, 0.3) is 0 Å². The van der Waals surface area contributed by atoms with Crippen molar-refractivity contribution in [3.05, 3.63) is 0 Å². The molecule has 0 aromatic rings. The van der Waals surface area contributed by atoms with Gasteiger partial charge in [0.1, 0.15) is 54.4 Å². The predicted molar refractivity (Wildman–Crippen MR) is 277 cm³/mol. The van der Waals surface area contributed by atoms with Crippen molar-refractivity contribution in [2.45, 2.75) is 167 Å². The van der Waals surface area contributed by atoms with Crippen molar-refractivity contribution >= 4 is 89.6 Å². The van der Waals surface area contributed by atoms with Crippen LogP contribution < -0.4 is 65.5 Å². The molecule has 0 aromatic heterocycles. The fourth-order valence-corrected chi connectivity index (χ4v) is 7.98. The molecule has 0 spiro atoms. The second-order valence-corrected chi connectivity index (χ2v) is 20.2. The van der Waals surface area contributed by atoms with Gasteiger partial charge in [-0.15, -0.1) is 0 Å². The summed E-state index contributed by atoms with van der Waals surface area (Å²) in [6.45, 7) is 11.3. The van der Waals surface area contributed by atoms with E-state index in [0.29, 0.717) is 6.42 Å². The molecule has 0 saturated carbocycles. The number of rotatable bonds is 34. The number of carbonyl (C=O) groups is 12. The average molecular weight is 1100 g/mol. The first-order valence-electron chi connectivity index (χ1n) is 24.9. The van der Waals surface area contributed by atoms with Crippen LogP contribution in [-0.2, 0) is 57.5 Å². The Balaban J connectivity index is 3.34. The quantitative estimate of drug-likeness (QED) is 0.0124. The molecule has 76 heavy (non-hydrogen) atoms. The lowest BCUT2D eigenvalue weighted by Crippen LogP contribution is -2.61. The molecular weight excluding hydrogens is 1020 g/mol. The van der Waals surface area contributed by atoms with Crippen LogP contribution in [0, 0.1) is 17.8 Å². The largest absolute Gasteiger partial charge is 0.481 e. The molecule has 29 nitrogen and oxygen atoms in total. The number of carbonyl (C=O) groups excluding carboxylic acids is 10. The highest BCUT2D eigenvalue weighted by Crippen LogP contribution is 2.19. The molecule has 0 unspecified atom stereocenters. The van der Waals surface area contributed by atoms with Crippen molar-refractivity contribution < 1.29 is 72.9 Å². The third-order valence-corrected chi connectivity index (χ3v) is 11.9. The van der Waals surface area contributed by atoms with Crippen LogP contribution in [-0.4, -0.2) is 183 Å². The normalized spacial score (nSPS) is 16.8. The number of aliphatic hydroxyl groups excluding tert-OH is 1. The van der Waals surface area contributed by atoms with Crippen molar-refractivity contribution in [3.63, 3.8) is 0 Å². The molecule has 1 fully saturated rings. The van der Waals surface area contributed by atoms with Crippen molar-refractivity contribution in [1.82, 2.24) is 47.4 Å². The minimum atomic E-state index is -1.86. The molecule has 19 N–H and O–H groups in total. The summed E-state index contributed by atoms with van der Waals surface area (Å²) in [6, 6.07) is -12.9. The van der Waals surface area contributed by atoms with Gasteiger partial charge in [0.05, 0.1) is 25.5 Å². The van der Waals surface area contributed by atoms with Gasteiger partial charge < -0.3 is 85.7 Å². The summed E-state index contributed by atoms with van der Waals surface area (Å²) in [7, 11) is 0. The minimum Gasteiger partial charge on any atom is -0.481 e. The Morgan fingerprint density at radius 2 is 1.05 bits per heavy atom. The molecule has 0 radical (unpaired) electrons. The van der Waals surface area contributed by atoms with Gasteiger partial charge in [-0.2, -0.15) is 12.6 Å². The first-order chi connectivity index (χ1) is 35.4. The van der Waals surface area contributed by atoms with Gasteiger partial charge in [0.2, 0.25) is 59.1 Å². The minimum absolute atomic E-state index is 0.0175. The number of primary amides is 1. The summed E-state index contributed by atoms with van der Waals surface area (Å²) in [4.78, 5) is 162. The standard InChI is InChI=1S/C46H80N14O15S/c1-21(2)14-26(53-34(63)19-52-43(72)32-11-9-13-60(32)44(73)36(48)24(7)61)38(67)54-25(10-8-12-51-46(49)50)37(66)59-31(20-76)42(71)56-27(15-22(3)4)39(68)57-29(17-33(47)62)41(70)55-28(16-23(5)6)40(69)58-30(45(74)75)18-35(64)65/h21-32,36,61,76H,8-20,48H2,1-7H3,(H2,47,62)(H,52,72)(H,53,63)(H,54,67)(H,55,70)(H,56,71)(H,57,68)(H,58,69)(H,59,66)(H,64,65)(H,74,75)(H4,49,50,51)/t24-,25+,26+,27+,28+,29+,30+,31+,32+,36+/m1/s1. The van der Waals surface area contributed by atoms with Crippen molar-refractivity contribution in [2.75, 3.05) is 25.4 Å². The number of nitrogens with two attached hydrogens (primary N) is 4. The molecular formula is C46H80N14O15S. The molecule has 10 amide bonds. The lowest BCUT2D eigenvalue weighted by atomic mass is 10.0. The molecule has 1 rings (SSSR count). The van der Waals surface area contributed by atoms with Crippen LogP contribution in [0.5, 0.6) is 0 Å². The maximum absolute atomic E-state index is 14.0. The summed E-state index contributed by atoms with van der Waals surface area (Å²) >= 11 is 4.24. The van der Waals surface area contributed by atoms with Crippen molar-refractivity contribution in [1.29, 1.82) is 0 Å². The first-order valence-corrected chi connectivity index (χ1v) is 25.5. The monoisotopic (exact) mass is 1100 g/mol. The summed E-state index contributed by atoms with van der Waals surface area (Å²) in [5.41, 5.74) is 22.2. The number of aliphatic hydroxyl groups is 1. The Labute approximate surface area is 446 Å². The van der Waals surface area contributed by atoms with Crippen LogP contribution in [0.15, 0.2) is 4.99 Å². The Bertz CT molecular complexity index is 2090. The Hall–Kier alpha value is -6.82. The third kappa shape index (κ3) is 24.7. The molecule has 0 bridgehead atoms. The maximum Gasteiger partial charge on any atom is 0.326 e. The van der Waals surface area contributed by atoms with Gasteiger partial charge in [0, 0.05) is 18.8 Å². The third-order valence-electron chi connectivity index (χ3n) is 11.5. The van der Waals surface area contributed by atoms with Crippen LogP contribution in [0.4, 0.5) is 0 Å². The van der Waals surface area contributed by atoms with E-state index in [1.165, 1.54) is 11.8 Å². The van der Waals surface area contributed by atoms with Gasteiger partial charge in [-0.3, -0.25) is 57.7 Å². The summed E-state index contributed by atoms with van der Waals surface area (Å²) in [5.74, 6) is -13.5. The van der Waals surface area contributed by atoms with E-state index in [1.807, 2.05) is 0 Å². The molecule has 430 valence electrons. The molecule has 1 heterocycles. The smallest absolute Gasteiger partial charge is 0.326 e. The number of guanidine groups is 1. The van der Waals surface area contributed by atoms with Crippen molar-refractivity contribution in [2.24, 2.45) is 45.7 Å². The van der Waals surface area contributed by atoms with E-state index in [9.17, 15) is 67.7 Å². The van der Waals surface area contributed by atoms with E-state index < -0.39 is 151 Å². The number of nitrogens with one attached hydrogen (secondary N) is 8. The van der Waals surface area contributed by atoms with Crippen LogP contribution in [0.3, 0.4) is 0 Å². The predicted octanol–water partition coefficient (Wildman–Crippen LogP) is -5.25. The fraction of sp³-hybridized carbons (Fsp3) is 0.717. The van der Waals surface area contributed by atoms with Gasteiger partial charge in [-0.05, 0) is 69.6 Å². The van der Waals surface area contributed by atoms with Crippen LogP contribution in [0.2, 0.25) is 0 Å². The lowest BCUT2D eigenvalue weighted by molar-refractivity contribution is -0.147. The second kappa shape index (κ2) is 33.3. The maximum atomic E-state index is 14.0. The number of aliphatic carboxylic acids is 2. The second-order valence-electron chi connectivity index (χ2n) is 19.8. The highest BCUT2D eigenvalue weighted by Gasteiger charge is 2.39. The SMILES string of the molecule is CC(C)C[C@H](NC(=O)CNC(=O)[C@@H]1CCCN1C(=O)[C@@H](N)[C@@H](C)O)C(=O)N[C@@H](CCCN=C(N)N)C(=O)N[C@@H](CS)C(=O)N[C@@H](CC(C)C)C(=O)N[C@@H](CC(N)=O)C(=O)N[C@@H](CC(C)C)C(=O)N[C@@H](CC(=O)O)C(=O)O. The highest BCUT2D eigenvalue weighted by atomic mass is 32.1. The topological polar surface area (TPSA) is 481 Å². The van der Waals surface area contributed by atoms with Crippen molar-refractivity contribution in [3.8, 4) is 0 Å². The number of hydrogen-bond acceptors (Lipinski definition) is 16. The molecule has 30 heteroatoms. The number of carboxylic acids is 2. The van der Waals surface area contributed by atoms with E-state index in [2.05, 4.69) is 60.2 Å². The molecule has 10 atom stereocenters. The van der Waals surface area contributed by atoms with E-state index >= 15 is 0 Å². The number of amides is 10. The van der Waals surface area contributed by atoms with E-state index in [1.54, 1.807) is 41.5 Å². The molecule has 1 saturated heterocycles. The zero-order valence-corrected chi connectivity index (χ0v) is 45.0. The van der Waals surface area contributed by atoms with E-state index in [0.717, 1.165) is 0 Å². The van der Waals surface area contributed by atoms with Gasteiger partial charge in [0.25, 0.3) is 0 Å². The summed E-state index contributed by atoms with van der Waals surface area (Å²) < 4.78 is 0. The van der Waals surface area contributed by atoms with Gasteiger partial charge in [-0.25, -0.2) is 4.79 Å². The van der Waals surface area contributed by atoms with E-state index in [-0.39, 0.29) is 81.1 Å². The highest BCUT2D eigenvalue weighted by molar-refractivity contribution is 7.80. The fourth-order valence-electron chi connectivity index (χ4n) is 7.73. The van der Waals surface area contributed by atoms with Crippen LogP contribution >= 0.6 is 12.6 Å². The Morgan fingerprint density at radius 1 is 0.618 bits per heavy atom. The molecule has 0 aliphatic carbocycles. The zero-order chi connectivity index (χ0) is 58.1. The Morgan fingerprint density at radius 3 is 1.50 bits per heavy atom. The van der Waals surface area contributed by atoms with Gasteiger partial charge in [0.15, 0.2) is 5.96 Å². The van der Waals surface area contributed by atoms with Gasteiger partial charge >= 0.3 is 11.9 Å². The number of hydrogen-bond donors (Lipinski definition) is 16. The Kier molecular flexibility index (Phi) is 29.4. The number of thiol groups is 1. The average Bonchev–Trinajstić information content (AvgIpc) is 3.81. The van der Waals surface area contributed by atoms with Gasteiger partial charge in [-0.1, -0.05) is 41.5 Å². The lowest BCUT2D eigenvalue weighted by Gasteiger charge is -2.28. The molecule has 0 aromatic carbocycles. The number of aliphatic imine (C=N–C) groups is 1.